The average molecular weight is 472 g/mol. The highest BCUT2D eigenvalue weighted by molar-refractivity contribution is 7.10. The number of hydrogen-bond acceptors (Lipinski definition) is 7. The van der Waals surface area contributed by atoms with Gasteiger partial charge in [-0.1, -0.05) is 12.1 Å². The number of esters is 1. The molecule has 0 aliphatic heterocycles. The first-order chi connectivity index (χ1) is 15.8. The van der Waals surface area contributed by atoms with Crippen molar-refractivity contribution in [3.63, 3.8) is 0 Å². The Labute approximate surface area is 194 Å². The van der Waals surface area contributed by atoms with Crippen LogP contribution in [-0.4, -0.2) is 35.4 Å². The van der Waals surface area contributed by atoms with Crippen LogP contribution in [0.25, 0.3) is 11.1 Å². The van der Waals surface area contributed by atoms with E-state index in [1.54, 1.807) is 14.0 Å². The first kappa shape index (κ1) is 23.9. The molecule has 2 aromatic heterocycles. The van der Waals surface area contributed by atoms with Gasteiger partial charge < -0.3 is 29.8 Å². The van der Waals surface area contributed by atoms with Gasteiger partial charge in [-0.15, -0.1) is 11.3 Å². The van der Waals surface area contributed by atoms with Crippen LogP contribution in [0, 0.1) is 0 Å². The second kappa shape index (κ2) is 10.7. The number of anilines is 1. The maximum absolute atomic E-state index is 12.7. The summed E-state index contributed by atoms with van der Waals surface area (Å²) < 4.78 is 11.6. The highest BCUT2D eigenvalue weighted by Gasteiger charge is 2.22. The number of benzene rings is 1. The third kappa shape index (κ3) is 5.92. The molecule has 9 nitrogen and oxygen atoms in total. The van der Waals surface area contributed by atoms with Gasteiger partial charge >= 0.3 is 12.0 Å². The minimum atomic E-state index is -0.737. The van der Waals surface area contributed by atoms with Crippen molar-refractivity contribution < 1.29 is 24.2 Å². The third-order valence-corrected chi connectivity index (χ3v) is 5.88. The molecule has 1 atom stereocenters. The van der Waals surface area contributed by atoms with Crippen molar-refractivity contribution in [2.75, 3.05) is 19.0 Å². The number of rotatable bonds is 8. The van der Waals surface area contributed by atoms with Gasteiger partial charge in [0.2, 0.25) is 0 Å². The molecule has 10 heteroatoms. The lowest BCUT2D eigenvalue weighted by molar-refractivity contribution is -0.143. The summed E-state index contributed by atoms with van der Waals surface area (Å²) in [6, 6.07) is 9.27. The summed E-state index contributed by atoms with van der Waals surface area (Å²) in [5, 5.41) is 17.0. The number of urea groups is 1. The molecule has 2 heterocycles. The number of aromatic hydroxyl groups is 1. The number of aryl methyl sites for hydroxylation is 1. The molecule has 174 valence electrons. The van der Waals surface area contributed by atoms with E-state index in [2.05, 4.69) is 10.6 Å². The second-order valence-corrected chi connectivity index (χ2v) is 8.06. The number of carbonyl (C=O) groups is 2. The van der Waals surface area contributed by atoms with E-state index >= 15 is 0 Å². The van der Waals surface area contributed by atoms with Crippen LogP contribution in [0.3, 0.4) is 0 Å². The molecular weight excluding hydrogens is 446 g/mol. The van der Waals surface area contributed by atoms with E-state index in [0.29, 0.717) is 5.75 Å². The largest absolute Gasteiger partial charge is 0.505 e. The number of carbonyl (C=O) groups excluding carboxylic acids is 2. The number of methoxy groups -OCH3 is 1. The Hall–Kier alpha value is -3.79. The van der Waals surface area contributed by atoms with E-state index < -0.39 is 23.6 Å². The van der Waals surface area contributed by atoms with Crippen molar-refractivity contribution in [2.45, 2.75) is 19.4 Å². The summed E-state index contributed by atoms with van der Waals surface area (Å²) in [6.07, 6.45) is 1.29. The predicted molar refractivity (Wildman–Crippen MR) is 126 cm³/mol. The zero-order chi connectivity index (χ0) is 24.0. The van der Waals surface area contributed by atoms with Gasteiger partial charge in [-0.3, -0.25) is 9.59 Å². The lowest BCUT2D eigenvalue weighted by atomic mass is 10.1. The standard InChI is InChI=1S/C23H25N3O6S/c1-4-32-20(28)12-17(24-23(30)25-21-18(27)8-9-26(2)22(21)29)19-11-15(13-33-19)14-6-5-7-16(10-14)31-3/h5-11,13,17,27H,4,12H2,1-3H3,(H2,24,25,30)/t17-/m0/s1. The van der Waals surface area contributed by atoms with Crippen molar-refractivity contribution in [2.24, 2.45) is 7.05 Å². The monoisotopic (exact) mass is 471 g/mol. The molecule has 3 aromatic rings. The Morgan fingerprint density at radius 1 is 1.21 bits per heavy atom. The predicted octanol–water partition coefficient (Wildman–Crippen LogP) is 3.64. The van der Waals surface area contributed by atoms with Crippen molar-refractivity contribution in [3.8, 4) is 22.6 Å². The highest BCUT2D eigenvalue weighted by Crippen LogP contribution is 2.32. The third-order valence-electron chi connectivity index (χ3n) is 4.83. The van der Waals surface area contributed by atoms with Crippen molar-refractivity contribution in [1.82, 2.24) is 9.88 Å². The van der Waals surface area contributed by atoms with Gasteiger partial charge in [0.05, 0.1) is 26.2 Å². The Kier molecular flexibility index (Phi) is 7.73. The van der Waals surface area contributed by atoms with Crippen LogP contribution in [0.4, 0.5) is 10.5 Å². The number of amides is 2. The van der Waals surface area contributed by atoms with Gasteiger partial charge in [0.1, 0.15) is 11.5 Å². The zero-order valence-corrected chi connectivity index (χ0v) is 19.3. The van der Waals surface area contributed by atoms with Crippen LogP contribution in [0.2, 0.25) is 0 Å². The number of pyridine rings is 1. The van der Waals surface area contributed by atoms with Gasteiger partial charge in [-0.05, 0) is 47.7 Å². The maximum Gasteiger partial charge on any atom is 0.320 e. The Morgan fingerprint density at radius 2 is 2.00 bits per heavy atom. The topological polar surface area (TPSA) is 119 Å². The number of nitrogens with zero attached hydrogens (tertiary/aromatic N) is 1. The number of nitrogens with one attached hydrogen (secondary N) is 2. The fourth-order valence-corrected chi connectivity index (χ4v) is 4.11. The molecule has 0 bridgehead atoms. The minimum absolute atomic E-state index is 0.0991. The summed E-state index contributed by atoms with van der Waals surface area (Å²) in [5.74, 6) is -0.116. The van der Waals surface area contributed by atoms with Crippen LogP contribution in [0.15, 0.2) is 52.8 Å². The summed E-state index contributed by atoms with van der Waals surface area (Å²) in [5.41, 5.74) is 1.01. The quantitative estimate of drug-likeness (QED) is 0.432. The molecule has 0 saturated heterocycles. The summed E-state index contributed by atoms with van der Waals surface area (Å²) in [4.78, 5) is 37.8. The molecule has 0 aliphatic rings. The van der Waals surface area contributed by atoms with E-state index in [1.165, 1.54) is 35.2 Å². The molecule has 2 amide bonds. The second-order valence-electron chi connectivity index (χ2n) is 7.12. The van der Waals surface area contributed by atoms with E-state index in [4.69, 9.17) is 9.47 Å². The highest BCUT2D eigenvalue weighted by atomic mass is 32.1. The lowest BCUT2D eigenvalue weighted by Crippen LogP contribution is -2.35. The smallest absolute Gasteiger partial charge is 0.320 e. The average Bonchev–Trinajstić information content (AvgIpc) is 3.29. The van der Waals surface area contributed by atoms with E-state index in [9.17, 15) is 19.5 Å². The van der Waals surface area contributed by atoms with Crippen molar-refractivity contribution >= 4 is 29.0 Å². The number of thiophene rings is 1. The summed E-state index contributed by atoms with van der Waals surface area (Å²) in [6.45, 7) is 1.91. The minimum Gasteiger partial charge on any atom is -0.505 e. The molecule has 0 spiro atoms. The van der Waals surface area contributed by atoms with Crippen molar-refractivity contribution in [3.05, 3.63) is 63.2 Å². The van der Waals surface area contributed by atoms with Crippen LogP contribution in [0.1, 0.15) is 24.3 Å². The fraction of sp³-hybridized carbons (Fsp3) is 0.261. The molecule has 0 radical (unpaired) electrons. The molecule has 33 heavy (non-hydrogen) atoms. The van der Waals surface area contributed by atoms with E-state index in [1.807, 2.05) is 35.7 Å². The van der Waals surface area contributed by atoms with Gasteiger partial charge in [-0.2, -0.15) is 0 Å². The van der Waals surface area contributed by atoms with Crippen LogP contribution in [0.5, 0.6) is 11.5 Å². The van der Waals surface area contributed by atoms with Crippen LogP contribution < -0.4 is 20.9 Å². The van der Waals surface area contributed by atoms with Crippen LogP contribution >= 0.6 is 11.3 Å². The van der Waals surface area contributed by atoms with Gasteiger partial charge in [0.15, 0.2) is 5.69 Å². The fourth-order valence-electron chi connectivity index (χ4n) is 3.14. The van der Waals surface area contributed by atoms with Crippen LogP contribution in [-0.2, 0) is 16.6 Å². The molecule has 3 N–H and O–H groups in total. The number of aromatic nitrogens is 1. The van der Waals surface area contributed by atoms with E-state index in [0.717, 1.165) is 16.0 Å². The normalized spacial score (nSPS) is 11.5. The summed E-state index contributed by atoms with van der Waals surface area (Å²) in [7, 11) is 3.09. The maximum atomic E-state index is 12.7. The first-order valence-electron chi connectivity index (χ1n) is 10.2. The number of hydrogen-bond donors (Lipinski definition) is 3. The Balaban J connectivity index is 1.84. The van der Waals surface area contributed by atoms with E-state index in [-0.39, 0.29) is 24.5 Å². The molecule has 0 saturated carbocycles. The van der Waals surface area contributed by atoms with Gasteiger partial charge in [0, 0.05) is 18.1 Å². The molecule has 0 unspecified atom stereocenters. The Morgan fingerprint density at radius 3 is 2.73 bits per heavy atom. The van der Waals surface area contributed by atoms with Gasteiger partial charge in [-0.25, -0.2) is 4.79 Å². The SMILES string of the molecule is CCOC(=O)C[C@H](NC(=O)Nc1c(O)ccn(C)c1=O)c1cc(-c2cccc(OC)c2)cs1. The molecule has 3 rings (SSSR count). The van der Waals surface area contributed by atoms with Crippen molar-refractivity contribution in [1.29, 1.82) is 0 Å². The number of ether oxygens (including phenoxy) is 2. The zero-order valence-electron chi connectivity index (χ0n) is 18.5. The molecular formula is C23H25N3O6S. The summed E-state index contributed by atoms with van der Waals surface area (Å²) >= 11 is 1.38. The first-order valence-corrected chi connectivity index (χ1v) is 11.0. The van der Waals surface area contributed by atoms with Gasteiger partial charge in [0.25, 0.3) is 5.56 Å². The molecule has 0 aliphatic carbocycles. The lowest BCUT2D eigenvalue weighted by Gasteiger charge is -2.17. The Bertz CT molecular complexity index is 1200. The molecule has 0 fully saturated rings. The molecule has 1 aromatic carbocycles.